The fraction of sp³-hybridized carbons (Fsp3) is 0.333. The molecule has 3 rings (SSSR count). The summed E-state index contributed by atoms with van der Waals surface area (Å²) < 4.78 is 4.41. The molecule has 0 saturated carbocycles. The van der Waals surface area contributed by atoms with E-state index in [1.165, 1.54) is 11.5 Å². The molecule has 1 aliphatic rings. The summed E-state index contributed by atoms with van der Waals surface area (Å²) in [5.74, 6) is 0.0960. The molecule has 6 heteroatoms. The van der Waals surface area contributed by atoms with Crippen molar-refractivity contribution in [2.45, 2.75) is 13.0 Å². The Labute approximate surface area is 134 Å². The summed E-state index contributed by atoms with van der Waals surface area (Å²) in [6.07, 6.45) is 0. The first-order chi connectivity index (χ1) is 9.75. The first-order valence-electron chi connectivity index (χ1n) is 6.79. The fourth-order valence-electron chi connectivity index (χ4n) is 2.41. The Kier molecular flexibility index (Phi) is 5.33. The van der Waals surface area contributed by atoms with Crippen LogP contribution in [0.3, 0.4) is 0 Å². The van der Waals surface area contributed by atoms with Gasteiger partial charge in [-0.25, -0.2) is 0 Å². The van der Waals surface area contributed by atoms with Gasteiger partial charge in [0.2, 0.25) is 0 Å². The Morgan fingerprint density at radius 1 is 1.38 bits per heavy atom. The normalized spacial score (nSPS) is 18.1. The van der Waals surface area contributed by atoms with Crippen LogP contribution in [0.5, 0.6) is 0 Å². The number of piperazine rings is 1. The number of benzene rings is 1. The van der Waals surface area contributed by atoms with Gasteiger partial charge in [-0.2, -0.15) is 4.37 Å². The van der Waals surface area contributed by atoms with Gasteiger partial charge in [0.15, 0.2) is 0 Å². The Morgan fingerprint density at radius 3 is 2.86 bits per heavy atom. The molecule has 2 aromatic rings. The lowest BCUT2D eigenvalue weighted by molar-refractivity contribution is 0.0661. The van der Waals surface area contributed by atoms with Crippen LogP contribution in [0.4, 0.5) is 0 Å². The molecular weight excluding hydrogens is 306 g/mol. The van der Waals surface area contributed by atoms with E-state index in [1.807, 2.05) is 41.3 Å². The quantitative estimate of drug-likeness (QED) is 0.924. The summed E-state index contributed by atoms with van der Waals surface area (Å²) in [4.78, 5) is 15.2. The maximum absolute atomic E-state index is 12.5. The number of carbonyl (C=O) groups excluding carboxylic acids is 1. The number of hydrogen-bond donors (Lipinski definition) is 1. The first-order valence-corrected chi connectivity index (χ1v) is 7.57. The van der Waals surface area contributed by atoms with E-state index in [9.17, 15) is 4.79 Å². The highest BCUT2D eigenvalue weighted by molar-refractivity contribution is 7.08. The third-order valence-electron chi connectivity index (χ3n) is 3.55. The van der Waals surface area contributed by atoms with Crippen molar-refractivity contribution in [1.82, 2.24) is 14.6 Å². The predicted molar refractivity (Wildman–Crippen MR) is 88.2 cm³/mol. The van der Waals surface area contributed by atoms with Crippen molar-refractivity contribution in [3.05, 3.63) is 41.3 Å². The molecule has 1 fully saturated rings. The van der Waals surface area contributed by atoms with E-state index < -0.39 is 0 Å². The standard InChI is InChI=1S/C15H17N3OS.ClH/c1-11-10-16-7-8-18(11)15(19)14-9-13(17-20-14)12-5-3-2-4-6-12;/h2-6,9,11,16H,7-8,10H2,1H3;1H/t11-;/m1./s1. The van der Waals surface area contributed by atoms with Crippen molar-refractivity contribution in [3.63, 3.8) is 0 Å². The van der Waals surface area contributed by atoms with E-state index in [2.05, 4.69) is 16.6 Å². The van der Waals surface area contributed by atoms with Gasteiger partial charge in [-0.3, -0.25) is 4.79 Å². The minimum Gasteiger partial charge on any atom is -0.333 e. The Balaban J connectivity index is 0.00000161. The van der Waals surface area contributed by atoms with Gasteiger partial charge in [0, 0.05) is 31.2 Å². The van der Waals surface area contributed by atoms with Crippen LogP contribution in [-0.4, -0.2) is 40.9 Å². The number of nitrogens with one attached hydrogen (secondary N) is 1. The molecule has 0 spiro atoms. The molecule has 0 radical (unpaired) electrons. The third-order valence-corrected chi connectivity index (χ3v) is 4.33. The summed E-state index contributed by atoms with van der Waals surface area (Å²) >= 11 is 1.29. The molecule has 21 heavy (non-hydrogen) atoms. The molecule has 4 nitrogen and oxygen atoms in total. The van der Waals surface area contributed by atoms with E-state index in [0.29, 0.717) is 0 Å². The van der Waals surface area contributed by atoms with E-state index in [-0.39, 0.29) is 24.4 Å². The van der Waals surface area contributed by atoms with Crippen molar-refractivity contribution in [1.29, 1.82) is 0 Å². The lowest BCUT2D eigenvalue weighted by Gasteiger charge is -2.33. The van der Waals surface area contributed by atoms with Crippen LogP contribution in [0.15, 0.2) is 36.4 Å². The molecule has 1 aromatic carbocycles. The van der Waals surface area contributed by atoms with Crippen molar-refractivity contribution >= 4 is 29.8 Å². The van der Waals surface area contributed by atoms with Gasteiger partial charge in [-0.15, -0.1) is 12.4 Å². The van der Waals surface area contributed by atoms with E-state index in [0.717, 1.165) is 35.8 Å². The molecular formula is C15H18ClN3OS. The van der Waals surface area contributed by atoms with Crippen molar-refractivity contribution in [2.24, 2.45) is 0 Å². The maximum atomic E-state index is 12.5. The molecule has 1 amide bonds. The Morgan fingerprint density at radius 2 is 2.14 bits per heavy atom. The molecule has 1 aromatic heterocycles. The zero-order valence-electron chi connectivity index (χ0n) is 11.8. The number of aromatic nitrogens is 1. The van der Waals surface area contributed by atoms with Gasteiger partial charge < -0.3 is 10.2 Å². The van der Waals surface area contributed by atoms with Gasteiger partial charge in [0.25, 0.3) is 5.91 Å². The summed E-state index contributed by atoms with van der Waals surface area (Å²) in [7, 11) is 0. The van der Waals surface area contributed by atoms with Crippen LogP contribution in [0.25, 0.3) is 11.3 Å². The minimum absolute atomic E-state index is 0. The highest BCUT2D eigenvalue weighted by atomic mass is 35.5. The molecule has 0 unspecified atom stereocenters. The second-order valence-electron chi connectivity index (χ2n) is 4.99. The molecule has 112 valence electrons. The van der Waals surface area contributed by atoms with Gasteiger partial charge in [-0.1, -0.05) is 30.3 Å². The second kappa shape index (κ2) is 7.02. The van der Waals surface area contributed by atoms with Gasteiger partial charge in [0.05, 0.1) is 5.69 Å². The lowest BCUT2D eigenvalue weighted by Crippen LogP contribution is -2.52. The molecule has 0 aliphatic carbocycles. The highest BCUT2D eigenvalue weighted by Crippen LogP contribution is 2.23. The topological polar surface area (TPSA) is 45.2 Å². The molecule has 0 bridgehead atoms. The van der Waals surface area contributed by atoms with Gasteiger partial charge in [0.1, 0.15) is 4.88 Å². The largest absolute Gasteiger partial charge is 0.333 e. The lowest BCUT2D eigenvalue weighted by atomic mass is 10.1. The molecule has 1 N–H and O–H groups in total. The average Bonchev–Trinajstić information content (AvgIpc) is 2.98. The van der Waals surface area contributed by atoms with E-state index in [4.69, 9.17) is 0 Å². The number of rotatable bonds is 2. The number of carbonyl (C=O) groups is 1. The van der Waals surface area contributed by atoms with Crippen molar-refractivity contribution in [2.75, 3.05) is 19.6 Å². The highest BCUT2D eigenvalue weighted by Gasteiger charge is 2.25. The second-order valence-corrected chi connectivity index (χ2v) is 5.80. The van der Waals surface area contributed by atoms with Crippen molar-refractivity contribution < 1.29 is 4.79 Å². The SMILES string of the molecule is C[C@@H]1CNCCN1C(=O)c1cc(-c2ccccc2)ns1.Cl. The van der Waals surface area contributed by atoms with Crippen LogP contribution in [-0.2, 0) is 0 Å². The van der Waals surface area contributed by atoms with Crippen LogP contribution in [0.2, 0.25) is 0 Å². The summed E-state index contributed by atoms with van der Waals surface area (Å²) in [5.41, 5.74) is 1.93. The smallest absolute Gasteiger partial charge is 0.265 e. The minimum atomic E-state index is 0. The molecule has 2 heterocycles. The number of hydrogen-bond acceptors (Lipinski definition) is 4. The predicted octanol–water partition coefficient (Wildman–Crippen LogP) is 2.67. The van der Waals surface area contributed by atoms with Crippen LogP contribution >= 0.6 is 23.9 Å². The van der Waals surface area contributed by atoms with Crippen molar-refractivity contribution in [3.8, 4) is 11.3 Å². The number of amides is 1. The molecule has 1 atom stereocenters. The molecule has 1 saturated heterocycles. The summed E-state index contributed by atoms with van der Waals surface area (Å²) in [6, 6.07) is 12.1. The van der Waals surface area contributed by atoms with Crippen LogP contribution < -0.4 is 5.32 Å². The van der Waals surface area contributed by atoms with E-state index in [1.54, 1.807) is 0 Å². The molecule has 1 aliphatic heterocycles. The third kappa shape index (κ3) is 3.43. The Hall–Kier alpha value is -1.43. The summed E-state index contributed by atoms with van der Waals surface area (Å²) in [6.45, 7) is 4.55. The van der Waals surface area contributed by atoms with Gasteiger partial charge >= 0.3 is 0 Å². The summed E-state index contributed by atoms with van der Waals surface area (Å²) in [5, 5.41) is 3.30. The van der Waals surface area contributed by atoms with Crippen LogP contribution in [0.1, 0.15) is 16.6 Å². The Bertz CT molecular complexity index is 602. The monoisotopic (exact) mass is 323 g/mol. The fourth-order valence-corrected chi connectivity index (χ4v) is 3.12. The maximum Gasteiger partial charge on any atom is 0.265 e. The zero-order chi connectivity index (χ0) is 13.9. The van der Waals surface area contributed by atoms with Crippen LogP contribution in [0, 0.1) is 0 Å². The number of nitrogens with zero attached hydrogens (tertiary/aromatic N) is 2. The van der Waals surface area contributed by atoms with Gasteiger partial charge in [-0.05, 0) is 24.5 Å². The first kappa shape index (κ1) is 15.9. The van der Waals surface area contributed by atoms with E-state index >= 15 is 0 Å². The average molecular weight is 324 g/mol. The zero-order valence-corrected chi connectivity index (χ0v) is 13.4. The number of halogens is 1.